The Kier molecular flexibility index (Phi) is 5.54. The number of carbonyl (C=O) groups excluding carboxylic acids is 1. The summed E-state index contributed by atoms with van der Waals surface area (Å²) in [5.74, 6) is 0.758. The summed E-state index contributed by atoms with van der Waals surface area (Å²) in [6.07, 6.45) is 1.51. The van der Waals surface area contributed by atoms with Crippen molar-refractivity contribution in [2.75, 3.05) is 13.1 Å². The van der Waals surface area contributed by atoms with E-state index < -0.39 is 0 Å². The molecule has 0 saturated carbocycles. The molecule has 4 aromatic rings. The van der Waals surface area contributed by atoms with Crippen LogP contribution in [-0.2, 0) is 6.54 Å². The summed E-state index contributed by atoms with van der Waals surface area (Å²) in [4.78, 5) is 14.5. The van der Waals surface area contributed by atoms with Crippen LogP contribution in [0.25, 0.3) is 22.2 Å². The molecule has 162 valence electrons. The molecule has 2 heterocycles. The number of aromatic nitrogens is 2. The highest BCUT2D eigenvalue weighted by atomic mass is 19.1. The SMILES string of the molecule is O=C(NCc1cccc2ccccc12)N1CCC(c2nnc(-c3ccc(F)cc3)o2)CC1. The Balaban J connectivity index is 1.17. The molecule has 0 spiro atoms. The number of rotatable bonds is 4. The number of likely N-dealkylation sites (tertiary alicyclic amines) is 1. The minimum absolute atomic E-state index is 0.0612. The van der Waals surface area contributed by atoms with Crippen molar-refractivity contribution in [1.29, 1.82) is 0 Å². The number of amides is 2. The molecule has 1 N–H and O–H groups in total. The fourth-order valence-corrected chi connectivity index (χ4v) is 4.17. The van der Waals surface area contributed by atoms with Crippen molar-refractivity contribution >= 4 is 16.8 Å². The zero-order valence-corrected chi connectivity index (χ0v) is 17.5. The molecule has 1 aliphatic rings. The van der Waals surface area contributed by atoms with E-state index in [9.17, 15) is 9.18 Å². The van der Waals surface area contributed by atoms with Gasteiger partial charge >= 0.3 is 6.03 Å². The third kappa shape index (κ3) is 4.19. The monoisotopic (exact) mass is 430 g/mol. The Labute approximate surface area is 185 Å². The maximum absolute atomic E-state index is 13.1. The molecule has 1 saturated heterocycles. The van der Waals surface area contributed by atoms with Gasteiger partial charge in [-0.1, -0.05) is 42.5 Å². The number of nitrogens with zero attached hydrogens (tertiary/aromatic N) is 3. The van der Waals surface area contributed by atoms with Gasteiger partial charge in [-0.15, -0.1) is 10.2 Å². The minimum Gasteiger partial charge on any atom is -0.420 e. The summed E-state index contributed by atoms with van der Waals surface area (Å²) >= 11 is 0. The number of halogens is 1. The van der Waals surface area contributed by atoms with E-state index in [2.05, 4.69) is 33.7 Å². The number of nitrogens with one attached hydrogen (secondary N) is 1. The molecule has 0 bridgehead atoms. The third-order valence-corrected chi connectivity index (χ3v) is 5.97. The lowest BCUT2D eigenvalue weighted by molar-refractivity contribution is 0.177. The molecule has 0 unspecified atom stereocenters. The van der Waals surface area contributed by atoms with Gasteiger partial charge in [0.1, 0.15) is 5.82 Å². The lowest BCUT2D eigenvalue weighted by Gasteiger charge is -2.30. The summed E-state index contributed by atoms with van der Waals surface area (Å²) < 4.78 is 18.9. The highest BCUT2D eigenvalue weighted by Gasteiger charge is 2.27. The van der Waals surface area contributed by atoms with Crippen molar-refractivity contribution in [2.45, 2.75) is 25.3 Å². The third-order valence-electron chi connectivity index (χ3n) is 5.97. The van der Waals surface area contributed by atoms with E-state index in [1.807, 2.05) is 29.2 Å². The fraction of sp³-hybridized carbons (Fsp3) is 0.240. The van der Waals surface area contributed by atoms with Gasteiger partial charge in [0.25, 0.3) is 0 Å². The lowest BCUT2D eigenvalue weighted by Crippen LogP contribution is -2.43. The number of hydrogen-bond donors (Lipinski definition) is 1. The Morgan fingerprint density at radius 3 is 2.56 bits per heavy atom. The maximum Gasteiger partial charge on any atom is 0.317 e. The zero-order chi connectivity index (χ0) is 21.9. The van der Waals surface area contributed by atoms with Gasteiger partial charge in [-0.3, -0.25) is 0 Å². The van der Waals surface area contributed by atoms with Crippen molar-refractivity contribution < 1.29 is 13.6 Å². The highest BCUT2D eigenvalue weighted by Crippen LogP contribution is 2.29. The summed E-state index contributed by atoms with van der Waals surface area (Å²) in [6.45, 7) is 1.74. The highest BCUT2D eigenvalue weighted by molar-refractivity contribution is 5.86. The Morgan fingerprint density at radius 1 is 1.00 bits per heavy atom. The molecule has 0 atom stereocenters. The second kappa shape index (κ2) is 8.78. The van der Waals surface area contributed by atoms with Crippen molar-refractivity contribution in [3.05, 3.63) is 84.0 Å². The second-order valence-corrected chi connectivity index (χ2v) is 8.01. The van der Waals surface area contributed by atoms with E-state index in [4.69, 9.17) is 4.42 Å². The van der Waals surface area contributed by atoms with Gasteiger partial charge < -0.3 is 14.6 Å². The van der Waals surface area contributed by atoms with Crippen molar-refractivity contribution in [3.8, 4) is 11.5 Å². The van der Waals surface area contributed by atoms with Gasteiger partial charge in [-0.25, -0.2) is 9.18 Å². The Bertz CT molecular complexity index is 1220. The van der Waals surface area contributed by atoms with Crippen LogP contribution in [0.4, 0.5) is 9.18 Å². The first-order chi connectivity index (χ1) is 15.7. The average Bonchev–Trinajstić information content (AvgIpc) is 3.33. The summed E-state index contributed by atoms with van der Waals surface area (Å²) in [5, 5.41) is 13.7. The molecule has 7 heteroatoms. The molecule has 5 rings (SSSR count). The van der Waals surface area contributed by atoms with Gasteiger partial charge in [0.2, 0.25) is 11.8 Å². The predicted octanol–water partition coefficient (Wildman–Crippen LogP) is 5.12. The molecule has 0 aliphatic carbocycles. The van der Waals surface area contributed by atoms with Crippen LogP contribution in [0.2, 0.25) is 0 Å². The van der Waals surface area contributed by atoms with Gasteiger partial charge in [-0.2, -0.15) is 0 Å². The fourth-order valence-electron chi connectivity index (χ4n) is 4.17. The summed E-state index contributed by atoms with van der Waals surface area (Å²) in [7, 11) is 0. The van der Waals surface area contributed by atoms with Crippen LogP contribution < -0.4 is 5.32 Å². The number of piperidine rings is 1. The first-order valence-corrected chi connectivity index (χ1v) is 10.8. The molecule has 1 aliphatic heterocycles. The maximum atomic E-state index is 13.1. The topological polar surface area (TPSA) is 71.3 Å². The molecular weight excluding hydrogens is 407 g/mol. The van der Waals surface area contributed by atoms with Crippen LogP contribution >= 0.6 is 0 Å². The molecule has 6 nitrogen and oxygen atoms in total. The van der Waals surface area contributed by atoms with Crippen LogP contribution in [-0.4, -0.2) is 34.2 Å². The second-order valence-electron chi connectivity index (χ2n) is 8.01. The first kappa shape index (κ1) is 20.2. The van der Waals surface area contributed by atoms with Crippen molar-refractivity contribution in [3.63, 3.8) is 0 Å². The van der Waals surface area contributed by atoms with E-state index in [-0.39, 0.29) is 17.8 Å². The zero-order valence-electron chi connectivity index (χ0n) is 17.5. The molecule has 2 amide bonds. The summed E-state index contributed by atoms with van der Waals surface area (Å²) in [5.41, 5.74) is 1.79. The largest absolute Gasteiger partial charge is 0.420 e. The standard InChI is InChI=1S/C25H23FN4O2/c26-21-10-8-18(9-11-21)23-28-29-24(32-23)19-12-14-30(15-13-19)25(31)27-16-20-6-3-5-17-4-1-2-7-22(17)20/h1-11,19H,12-16H2,(H,27,31). The van der Waals surface area contributed by atoms with Crippen molar-refractivity contribution in [2.24, 2.45) is 0 Å². The predicted molar refractivity (Wildman–Crippen MR) is 119 cm³/mol. The van der Waals surface area contributed by atoms with E-state index >= 15 is 0 Å². The Morgan fingerprint density at radius 2 is 1.75 bits per heavy atom. The van der Waals surface area contributed by atoms with Crippen LogP contribution in [0, 0.1) is 5.82 Å². The van der Waals surface area contributed by atoms with Crippen LogP contribution in [0.1, 0.15) is 30.2 Å². The minimum atomic E-state index is -0.306. The number of hydrogen-bond acceptors (Lipinski definition) is 4. The van der Waals surface area contributed by atoms with Crippen LogP contribution in [0.15, 0.2) is 71.1 Å². The van der Waals surface area contributed by atoms with Crippen LogP contribution in [0.5, 0.6) is 0 Å². The number of urea groups is 1. The quantitative estimate of drug-likeness (QED) is 0.488. The number of carbonyl (C=O) groups is 1. The van der Waals surface area contributed by atoms with Gasteiger partial charge in [0, 0.05) is 31.1 Å². The molecule has 1 aromatic heterocycles. The van der Waals surface area contributed by atoms with Crippen molar-refractivity contribution in [1.82, 2.24) is 20.4 Å². The van der Waals surface area contributed by atoms with E-state index in [0.29, 0.717) is 37.0 Å². The van der Waals surface area contributed by atoms with Crippen LogP contribution in [0.3, 0.4) is 0 Å². The average molecular weight is 430 g/mol. The molecule has 0 radical (unpaired) electrons. The van der Waals surface area contributed by atoms with E-state index in [1.54, 1.807) is 12.1 Å². The van der Waals surface area contributed by atoms with Gasteiger partial charge in [0.05, 0.1) is 0 Å². The lowest BCUT2D eigenvalue weighted by atomic mass is 9.97. The normalized spacial score (nSPS) is 14.6. The van der Waals surface area contributed by atoms with Gasteiger partial charge in [-0.05, 0) is 53.4 Å². The molecular formula is C25H23FN4O2. The van der Waals surface area contributed by atoms with E-state index in [0.717, 1.165) is 23.8 Å². The molecule has 32 heavy (non-hydrogen) atoms. The number of fused-ring (bicyclic) bond motifs is 1. The van der Waals surface area contributed by atoms with E-state index in [1.165, 1.54) is 17.5 Å². The Hall–Kier alpha value is -3.74. The molecule has 1 fully saturated rings. The van der Waals surface area contributed by atoms with Gasteiger partial charge in [0.15, 0.2) is 0 Å². The molecule has 3 aromatic carbocycles. The number of benzene rings is 3. The first-order valence-electron chi connectivity index (χ1n) is 10.8. The summed E-state index contributed by atoms with van der Waals surface area (Å²) in [6, 6.07) is 20.2. The smallest absolute Gasteiger partial charge is 0.317 e.